The van der Waals surface area contributed by atoms with Crippen LogP contribution in [0, 0.1) is 6.92 Å². The zero-order valence-electron chi connectivity index (χ0n) is 24.4. The SMILES string of the molecule is Cc1ccc(CB2N(c3c(C(C)C)cccc3C(C)C)C=CN2c2c(C(C)C)cccc2C(C)C)cc1. The highest BCUT2D eigenvalue weighted by molar-refractivity contribution is 6.69. The van der Waals surface area contributed by atoms with E-state index in [0.717, 1.165) is 6.32 Å². The first kappa shape index (κ1) is 27.1. The summed E-state index contributed by atoms with van der Waals surface area (Å²) < 4.78 is 0. The lowest BCUT2D eigenvalue weighted by Crippen LogP contribution is -2.47. The van der Waals surface area contributed by atoms with Gasteiger partial charge in [0.05, 0.1) is 0 Å². The number of aryl methyl sites for hydroxylation is 1. The van der Waals surface area contributed by atoms with Crippen LogP contribution < -0.4 is 9.62 Å². The predicted octanol–water partition coefficient (Wildman–Crippen LogP) is 9.56. The summed E-state index contributed by atoms with van der Waals surface area (Å²) in [6.07, 6.45) is 5.63. The van der Waals surface area contributed by atoms with Crippen molar-refractivity contribution < 1.29 is 0 Å². The van der Waals surface area contributed by atoms with E-state index in [0.29, 0.717) is 23.7 Å². The molecule has 0 fully saturated rings. The lowest BCUT2D eigenvalue weighted by Gasteiger charge is -2.36. The molecular weight excluding hydrogens is 447 g/mol. The van der Waals surface area contributed by atoms with Crippen LogP contribution in [0.5, 0.6) is 0 Å². The summed E-state index contributed by atoms with van der Waals surface area (Å²) >= 11 is 0. The molecule has 0 spiro atoms. The highest BCUT2D eigenvalue weighted by Crippen LogP contribution is 2.42. The van der Waals surface area contributed by atoms with Gasteiger partial charge >= 0.3 is 6.98 Å². The van der Waals surface area contributed by atoms with Crippen molar-refractivity contribution >= 4 is 18.4 Å². The number of benzene rings is 3. The van der Waals surface area contributed by atoms with Gasteiger partial charge in [-0.15, -0.1) is 0 Å². The van der Waals surface area contributed by atoms with Crippen molar-refractivity contribution in [3.8, 4) is 0 Å². The third kappa shape index (κ3) is 5.51. The molecule has 0 aromatic heterocycles. The maximum absolute atomic E-state index is 2.58. The van der Waals surface area contributed by atoms with Crippen LogP contribution in [0.1, 0.15) is 112 Å². The normalized spacial score (nSPS) is 13.8. The summed E-state index contributed by atoms with van der Waals surface area (Å²) in [5, 5.41) is 0. The van der Waals surface area contributed by atoms with Gasteiger partial charge in [0.15, 0.2) is 0 Å². The largest absolute Gasteiger partial charge is 0.388 e. The molecule has 3 heteroatoms. The number of hydrogen-bond donors (Lipinski definition) is 0. The Labute approximate surface area is 226 Å². The average Bonchev–Trinajstić information content (AvgIpc) is 3.26. The van der Waals surface area contributed by atoms with Gasteiger partial charge in [0, 0.05) is 23.8 Å². The summed E-state index contributed by atoms with van der Waals surface area (Å²) in [6.45, 7) is 20.9. The fourth-order valence-electron chi connectivity index (χ4n) is 5.67. The number of para-hydroxylation sites is 2. The predicted molar refractivity (Wildman–Crippen MR) is 164 cm³/mol. The Hall–Kier alpha value is -2.94. The second-order valence-corrected chi connectivity index (χ2v) is 12.0. The van der Waals surface area contributed by atoms with E-state index in [1.807, 2.05) is 0 Å². The Morgan fingerprint density at radius 1 is 0.541 bits per heavy atom. The van der Waals surface area contributed by atoms with Crippen molar-refractivity contribution in [2.75, 3.05) is 9.62 Å². The molecule has 0 saturated heterocycles. The molecule has 1 heterocycles. The van der Waals surface area contributed by atoms with E-state index in [4.69, 9.17) is 0 Å². The van der Waals surface area contributed by atoms with Gasteiger partial charge in [0.2, 0.25) is 0 Å². The Balaban J connectivity index is 1.92. The molecule has 194 valence electrons. The second kappa shape index (κ2) is 11.2. The Kier molecular flexibility index (Phi) is 8.21. The number of hydrogen-bond acceptors (Lipinski definition) is 2. The molecule has 37 heavy (non-hydrogen) atoms. The van der Waals surface area contributed by atoms with E-state index in [-0.39, 0.29) is 6.98 Å². The van der Waals surface area contributed by atoms with Crippen LogP contribution in [0.15, 0.2) is 73.1 Å². The molecule has 0 amide bonds. The molecule has 0 aliphatic carbocycles. The van der Waals surface area contributed by atoms with Gasteiger partial charge < -0.3 is 9.62 Å². The van der Waals surface area contributed by atoms with Crippen LogP contribution in [0.2, 0.25) is 0 Å². The maximum atomic E-state index is 2.58. The van der Waals surface area contributed by atoms with Gasteiger partial charge in [-0.25, -0.2) is 0 Å². The third-order valence-electron chi connectivity index (χ3n) is 7.77. The van der Waals surface area contributed by atoms with Crippen LogP contribution in [0.3, 0.4) is 0 Å². The smallest absolute Gasteiger partial charge is 0.370 e. The van der Waals surface area contributed by atoms with E-state index in [1.54, 1.807) is 0 Å². The molecule has 0 N–H and O–H groups in total. The molecule has 2 nitrogen and oxygen atoms in total. The van der Waals surface area contributed by atoms with E-state index < -0.39 is 0 Å². The minimum Gasteiger partial charge on any atom is -0.370 e. The Bertz CT molecular complexity index is 1110. The first-order chi connectivity index (χ1) is 17.6. The van der Waals surface area contributed by atoms with Gasteiger partial charge in [-0.1, -0.05) is 127 Å². The van der Waals surface area contributed by atoms with Gasteiger partial charge in [0.25, 0.3) is 0 Å². The van der Waals surface area contributed by atoms with E-state index in [2.05, 4.69) is 145 Å². The van der Waals surface area contributed by atoms with Crippen molar-refractivity contribution in [2.24, 2.45) is 0 Å². The minimum absolute atomic E-state index is 0.164. The van der Waals surface area contributed by atoms with Gasteiger partial charge in [0.1, 0.15) is 0 Å². The molecule has 0 bridgehead atoms. The van der Waals surface area contributed by atoms with E-state index in [1.165, 1.54) is 44.8 Å². The zero-order valence-corrected chi connectivity index (χ0v) is 24.4. The number of nitrogens with zero attached hydrogens (tertiary/aromatic N) is 2. The maximum Gasteiger partial charge on any atom is 0.388 e. The first-order valence-corrected chi connectivity index (χ1v) is 14.2. The first-order valence-electron chi connectivity index (χ1n) is 14.2. The van der Waals surface area contributed by atoms with Crippen molar-refractivity contribution in [3.05, 3.63) is 106 Å². The molecule has 3 aromatic rings. The van der Waals surface area contributed by atoms with E-state index in [9.17, 15) is 0 Å². The second-order valence-electron chi connectivity index (χ2n) is 12.0. The number of anilines is 2. The molecule has 0 unspecified atom stereocenters. The molecule has 1 aliphatic rings. The van der Waals surface area contributed by atoms with Crippen LogP contribution in [-0.2, 0) is 6.32 Å². The Morgan fingerprint density at radius 2 is 0.892 bits per heavy atom. The molecular formula is C34H45BN2. The fraction of sp³-hybridized carbons (Fsp3) is 0.412. The van der Waals surface area contributed by atoms with Crippen molar-refractivity contribution in [1.82, 2.24) is 0 Å². The van der Waals surface area contributed by atoms with Crippen LogP contribution in [0.4, 0.5) is 11.4 Å². The highest BCUT2D eigenvalue weighted by Gasteiger charge is 2.38. The molecule has 0 radical (unpaired) electrons. The topological polar surface area (TPSA) is 6.48 Å². The van der Waals surface area contributed by atoms with Crippen molar-refractivity contribution in [2.45, 2.75) is 92.3 Å². The summed E-state index contributed by atoms with van der Waals surface area (Å²) in [7, 11) is 0. The van der Waals surface area contributed by atoms with Crippen molar-refractivity contribution in [1.29, 1.82) is 0 Å². The van der Waals surface area contributed by atoms with Crippen molar-refractivity contribution in [3.63, 3.8) is 0 Å². The van der Waals surface area contributed by atoms with Crippen LogP contribution in [-0.4, -0.2) is 6.98 Å². The summed E-state index contributed by atoms with van der Waals surface area (Å²) in [6, 6.07) is 22.9. The fourth-order valence-corrected chi connectivity index (χ4v) is 5.67. The molecule has 4 rings (SSSR count). The Morgan fingerprint density at radius 3 is 1.22 bits per heavy atom. The summed E-state index contributed by atoms with van der Waals surface area (Å²) in [5.74, 6) is 1.80. The van der Waals surface area contributed by atoms with Gasteiger partial charge in [-0.05, 0) is 59.2 Å². The van der Waals surface area contributed by atoms with Gasteiger partial charge in [-0.3, -0.25) is 0 Å². The molecule has 0 saturated carbocycles. The van der Waals surface area contributed by atoms with Gasteiger partial charge in [-0.2, -0.15) is 0 Å². The minimum atomic E-state index is 0.164. The third-order valence-corrected chi connectivity index (χ3v) is 7.77. The quantitative estimate of drug-likeness (QED) is 0.289. The molecule has 1 aliphatic heterocycles. The molecule has 3 aromatic carbocycles. The lowest BCUT2D eigenvalue weighted by molar-refractivity contribution is 0.830. The standard InChI is InChI=1S/C34H45BN2/c1-23(2)29-12-10-13-30(24(3)4)33(29)36-20-21-37(35(36)22-28-18-16-27(9)17-19-28)34-31(25(5)6)14-11-15-32(34)26(7)8/h10-21,23-26H,22H2,1-9H3. The number of rotatable bonds is 8. The zero-order chi connectivity index (χ0) is 26.9. The average molecular weight is 493 g/mol. The van der Waals surface area contributed by atoms with E-state index >= 15 is 0 Å². The highest BCUT2D eigenvalue weighted by atomic mass is 15.3. The summed E-state index contributed by atoms with van der Waals surface area (Å²) in [5.41, 5.74) is 11.1. The van der Waals surface area contributed by atoms with Crippen LogP contribution in [0.25, 0.3) is 0 Å². The summed E-state index contributed by atoms with van der Waals surface area (Å²) in [4.78, 5) is 5.15. The molecule has 0 atom stereocenters. The monoisotopic (exact) mass is 492 g/mol. The van der Waals surface area contributed by atoms with Crippen LogP contribution >= 0.6 is 0 Å². The lowest BCUT2D eigenvalue weighted by atomic mass is 9.65.